The standard InChI is InChI=1S/C22H27N3O3S/c1-18-7-9-19(10-8-18)12-16-29(27,28)24-17-22(26)23-13-4-14-25-15-11-20-5-2-3-6-21(20)25/h2-3,5-10,12,16,24H,4,11,13-15,17H2,1H3,(H,23,26)/b16-12+. The van der Waals surface area contributed by atoms with Gasteiger partial charge >= 0.3 is 0 Å². The number of anilines is 1. The molecule has 0 aromatic heterocycles. The highest BCUT2D eigenvalue weighted by molar-refractivity contribution is 7.92. The summed E-state index contributed by atoms with van der Waals surface area (Å²) in [4.78, 5) is 14.2. The molecule has 0 fully saturated rings. The predicted octanol–water partition coefficient (Wildman–Crippen LogP) is 2.45. The second-order valence-electron chi connectivity index (χ2n) is 7.15. The minimum Gasteiger partial charge on any atom is -0.371 e. The number of aryl methyl sites for hydroxylation is 1. The number of para-hydroxylation sites is 1. The first kappa shape index (κ1) is 21.1. The molecule has 1 heterocycles. The average molecular weight is 414 g/mol. The lowest BCUT2D eigenvalue weighted by atomic mass is 10.2. The fourth-order valence-corrected chi connectivity index (χ4v) is 4.02. The summed E-state index contributed by atoms with van der Waals surface area (Å²) in [5.41, 5.74) is 4.53. The number of carbonyl (C=O) groups excluding carboxylic acids is 1. The highest BCUT2D eigenvalue weighted by Crippen LogP contribution is 2.27. The maximum atomic E-state index is 12.0. The first-order valence-corrected chi connectivity index (χ1v) is 11.3. The number of fused-ring (bicyclic) bond motifs is 1. The maximum Gasteiger partial charge on any atom is 0.235 e. The Morgan fingerprint density at radius 2 is 1.90 bits per heavy atom. The Bertz CT molecular complexity index is 969. The van der Waals surface area contributed by atoms with Crippen LogP contribution in [0.5, 0.6) is 0 Å². The summed E-state index contributed by atoms with van der Waals surface area (Å²) in [6.07, 6.45) is 3.37. The van der Waals surface area contributed by atoms with E-state index in [4.69, 9.17) is 0 Å². The molecule has 0 aliphatic carbocycles. The minimum absolute atomic E-state index is 0.271. The molecule has 3 rings (SSSR count). The molecular weight excluding hydrogens is 386 g/mol. The van der Waals surface area contributed by atoms with Crippen LogP contribution in [0.3, 0.4) is 0 Å². The first-order chi connectivity index (χ1) is 13.9. The molecule has 0 spiro atoms. The number of nitrogens with one attached hydrogen (secondary N) is 2. The van der Waals surface area contributed by atoms with Gasteiger partial charge in [-0.05, 0) is 43.0 Å². The lowest BCUT2D eigenvalue weighted by molar-refractivity contribution is -0.119. The molecule has 0 saturated carbocycles. The van der Waals surface area contributed by atoms with Gasteiger partial charge in [-0.3, -0.25) is 4.79 Å². The number of hydrogen-bond donors (Lipinski definition) is 2. The second kappa shape index (κ2) is 9.71. The molecule has 154 valence electrons. The third kappa shape index (κ3) is 6.44. The van der Waals surface area contributed by atoms with Crippen molar-refractivity contribution in [3.63, 3.8) is 0 Å². The van der Waals surface area contributed by atoms with Crippen LogP contribution in [0.1, 0.15) is 23.1 Å². The third-order valence-corrected chi connectivity index (χ3v) is 5.90. The predicted molar refractivity (Wildman–Crippen MR) is 117 cm³/mol. The van der Waals surface area contributed by atoms with Crippen LogP contribution in [0.15, 0.2) is 53.9 Å². The van der Waals surface area contributed by atoms with Gasteiger partial charge in [0.05, 0.1) is 6.54 Å². The van der Waals surface area contributed by atoms with Crippen LogP contribution < -0.4 is 14.9 Å². The molecule has 0 atom stereocenters. The highest BCUT2D eigenvalue weighted by atomic mass is 32.2. The molecule has 1 aliphatic rings. The summed E-state index contributed by atoms with van der Waals surface area (Å²) < 4.78 is 26.3. The zero-order chi connectivity index (χ0) is 20.7. The Balaban J connectivity index is 1.36. The van der Waals surface area contributed by atoms with E-state index in [1.54, 1.807) is 0 Å². The molecule has 0 radical (unpaired) electrons. The van der Waals surface area contributed by atoms with Crippen LogP contribution in [0, 0.1) is 6.92 Å². The number of carbonyl (C=O) groups is 1. The van der Waals surface area contributed by atoms with Crippen LogP contribution in [0.2, 0.25) is 0 Å². The zero-order valence-electron chi connectivity index (χ0n) is 16.6. The van der Waals surface area contributed by atoms with Crippen LogP contribution in [-0.4, -0.2) is 40.5 Å². The van der Waals surface area contributed by atoms with E-state index >= 15 is 0 Å². The molecule has 0 saturated heterocycles. The minimum atomic E-state index is -3.66. The molecule has 29 heavy (non-hydrogen) atoms. The van der Waals surface area contributed by atoms with Gasteiger partial charge in [-0.1, -0.05) is 48.0 Å². The molecule has 0 bridgehead atoms. The third-order valence-electron chi connectivity index (χ3n) is 4.86. The molecule has 0 unspecified atom stereocenters. The lowest BCUT2D eigenvalue weighted by Crippen LogP contribution is -2.37. The van der Waals surface area contributed by atoms with E-state index in [0.717, 1.165) is 42.5 Å². The van der Waals surface area contributed by atoms with Crippen LogP contribution in [0.4, 0.5) is 5.69 Å². The number of hydrogen-bond acceptors (Lipinski definition) is 4. The van der Waals surface area contributed by atoms with Gasteiger partial charge in [-0.15, -0.1) is 0 Å². The highest BCUT2D eigenvalue weighted by Gasteiger charge is 2.17. The summed E-state index contributed by atoms with van der Waals surface area (Å²) in [5.74, 6) is -0.334. The van der Waals surface area contributed by atoms with Crippen molar-refractivity contribution >= 4 is 27.7 Å². The van der Waals surface area contributed by atoms with Crippen molar-refractivity contribution in [1.29, 1.82) is 0 Å². The quantitative estimate of drug-likeness (QED) is 0.619. The lowest BCUT2D eigenvalue weighted by Gasteiger charge is -2.19. The normalized spacial score (nSPS) is 13.6. The van der Waals surface area contributed by atoms with Crippen molar-refractivity contribution in [1.82, 2.24) is 10.0 Å². The van der Waals surface area contributed by atoms with E-state index in [1.807, 2.05) is 37.3 Å². The van der Waals surface area contributed by atoms with Gasteiger partial charge < -0.3 is 10.2 Å². The smallest absolute Gasteiger partial charge is 0.235 e. The topological polar surface area (TPSA) is 78.5 Å². The monoisotopic (exact) mass is 413 g/mol. The summed E-state index contributed by atoms with van der Waals surface area (Å²) in [5, 5.41) is 3.85. The average Bonchev–Trinajstić information content (AvgIpc) is 3.13. The SMILES string of the molecule is Cc1ccc(/C=C/S(=O)(=O)NCC(=O)NCCCN2CCc3ccccc32)cc1. The van der Waals surface area contributed by atoms with E-state index in [-0.39, 0.29) is 12.5 Å². The van der Waals surface area contributed by atoms with E-state index in [1.165, 1.54) is 17.3 Å². The van der Waals surface area contributed by atoms with Gasteiger partial charge in [0.1, 0.15) is 0 Å². The number of sulfonamides is 1. The zero-order valence-corrected chi connectivity index (χ0v) is 17.4. The van der Waals surface area contributed by atoms with Gasteiger partial charge in [-0.25, -0.2) is 13.1 Å². The number of benzene rings is 2. The molecule has 6 nitrogen and oxygen atoms in total. The van der Waals surface area contributed by atoms with Crippen LogP contribution in [-0.2, 0) is 21.2 Å². The Morgan fingerprint density at radius 3 is 2.69 bits per heavy atom. The maximum absolute atomic E-state index is 12.0. The van der Waals surface area contributed by atoms with E-state index in [9.17, 15) is 13.2 Å². The molecule has 7 heteroatoms. The van der Waals surface area contributed by atoms with Crippen molar-refractivity contribution in [2.45, 2.75) is 19.8 Å². The van der Waals surface area contributed by atoms with Crippen molar-refractivity contribution in [3.8, 4) is 0 Å². The Labute approximate surface area is 172 Å². The summed E-state index contributed by atoms with van der Waals surface area (Å²) >= 11 is 0. The molecule has 2 aromatic carbocycles. The molecule has 1 amide bonds. The summed E-state index contributed by atoms with van der Waals surface area (Å²) in [6, 6.07) is 15.9. The summed E-state index contributed by atoms with van der Waals surface area (Å²) in [7, 11) is -3.66. The molecule has 1 aliphatic heterocycles. The van der Waals surface area contributed by atoms with Crippen LogP contribution >= 0.6 is 0 Å². The van der Waals surface area contributed by atoms with E-state index < -0.39 is 10.0 Å². The summed E-state index contributed by atoms with van der Waals surface area (Å²) in [6.45, 7) is 4.07. The molecule has 2 N–H and O–H groups in total. The van der Waals surface area contributed by atoms with E-state index in [0.29, 0.717) is 6.54 Å². The van der Waals surface area contributed by atoms with Crippen molar-refractivity contribution < 1.29 is 13.2 Å². The number of amides is 1. The van der Waals surface area contributed by atoms with Gasteiger partial charge in [0.25, 0.3) is 0 Å². The Morgan fingerprint density at radius 1 is 1.14 bits per heavy atom. The fraction of sp³-hybridized carbons (Fsp3) is 0.318. The van der Waals surface area contributed by atoms with Gasteiger partial charge in [0.15, 0.2) is 0 Å². The van der Waals surface area contributed by atoms with E-state index in [2.05, 4.69) is 33.1 Å². The second-order valence-corrected chi connectivity index (χ2v) is 8.80. The largest absolute Gasteiger partial charge is 0.371 e. The number of rotatable bonds is 9. The van der Waals surface area contributed by atoms with Crippen molar-refractivity contribution in [2.24, 2.45) is 0 Å². The molecule has 2 aromatic rings. The molecular formula is C22H27N3O3S. The Hall–Kier alpha value is -2.64. The number of nitrogens with zero attached hydrogens (tertiary/aromatic N) is 1. The van der Waals surface area contributed by atoms with Gasteiger partial charge in [0.2, 0.25) is 15.9 Å². The van der Waals surface area contributed by atoms with Gasteiger partial charge in [-0.2, -0.15) is 0 Å². The first-order valence-electron chi connectivity index (χ1n) is 9.77. The van der Waals surface area contributed by atoms with Crippen molar-refractivity contribution in [2.75, 3.05) is 31.1 Å². The van der Waals surface area contributed by atoms with Crippen molar-refractivity contribution in [3.05, 3.63) is 70.6 Å². The van der Waals surface area contributed by atoms with Gasteiger partial charge in [0, 0.05) is 30.7 Å². The fourth-order valence-electron chi connectivity index (χ4n) is 3.26. The Kier molecular flexibility index (Phi) is 7.06. The van der Waals surface area contributed by atoms with Crippen LogP contribution in [0.25, 0.3) is 6.08 Å².